The minimum Gasteiger partial charge on any atom is -0.493 e. The van der Waals surface area contributed by atoms with E-state index in [-0.39, 0.29) is 5.91 Å². The van der Waals surface area contributed by atoms with E-state index < -0.39 is 0 Å². The van der Waals surface area contributed by atoms with Crippen molar-refractivity contribution in [1.82, 2.24) is 10.2 Å². The molecule has 2 aromatic rings. The van der Waals surface area contributed by atoms with Crippen LogP contribution in [0, 0.1) is 3.57 Å². The highest BCUT2D eigenvalue weighted by Gasteiger charge is 2.19. The lowest BCUT2D eigenvalue weighted by atomic mass is 10.1. The molecule has 2 aromatic carbocycles. The number of methoxy groups -OCH3 is 2. The number of carbonyl (C=O) groups excluding carboxylic acids is 1. The van der Waals surface area contributed by atoms with E-state index in [9.17, 15) is 4.79 Å². The van der Waals surface area contributed by atoms with Crippen LogP contribution in [0.25, 0.3) is 0 Å². The number of nitrogens with one attached hydrogen (secondary N) is 1. The van der Waals surface area contributed by atoms with Gasteiger partial charge in [-0.25, -0.2) is 0 Å². The number of carbonyl (C=O) groups is 1. The topological polar surface area (TPSA) is 60.0 Å². The molecule has 6 nitrogen and oxygen atoms in total. The quantitative estimate of drug-likeness (QED) is 0.684. The van der Waals surface area contributed by atoms with E-state index in [1.54, 1.807) is 26.4 Å². The Morgan fingerprint density at radius 2 is 1.69 bits per heavy atom. The van der Waals surface area contributed by atoms with Crippen LogP contribution < -0.4 is 19.5 Å². The second-order valence-corrected chi connectivity index (χ2v) is 6.97. The molecular weight excluding hydrogens is 447 g/mol. The van der Waals surface area contributed by atoms with Gasteiger partial charge in [0.25, 0.3) is 5.91 Å². The largest absolute Gasteiger partial charge is 0.493 e. The normalized spacial score (nSPS) is 14.0. The highest BCUT2D eigenvalue weighted by molar-refractivity contribution is 14.1. The molecule has 0 saturated carbocycles. The first-order valence-electron chi connectivity index (χ1n) is 8.32. The average molecular weight is 468 g/mol. The first-order chi connectivity index (χ1) is 12.6. The van der Waals surface area contributed by atoms with Crippen molar-refractivity contribution >= 4 is 28.5 Å². The molecule has 1 N–H and O–H groups in total. The van der Waals surface area contributed by atoms with Crippen LogP contribution >= 0.6 is 22.6 Å². The highest BCUT2D eigenvalue weighted by atomic mass is 127. The lowest BCUT2D eigenvalue weighted by Crippen LogP contribution is -2.46. The van der Waals surface area contributed by atoms with Gasteiger partial charge in [-0.1, -0.05) is 0 Å². The van der Waals surface area contributed by atoms with Gasteiger partial charge in [0.05, 0.1) is 17.8 Å². The molecular formula is C19H21IN2O4. The van der Waals surface area contributed by atoms with Crippen LogP contribution in [-0.4, -0.2) is 51.2 Å². The van der Waals surface area contributed by atoms with Gasteiger partial charge < -0.3 is 24.4 Å². The molecule has 1 saturated heterocycles. The average Bonchev–Trinajstić information content (AvgIpc) is 2.69. The third-order valence-corrected chi connectivity index (χ3v) is 5.01. The molecule has 26 heavy (non-hydrogen) atoms. The Morgan fingerprint density at radius 3 is 2.35 bits per heavy atom. The Kier molecular flexibility index (Phi) is 6.20. The fraction of sp³-hybridized carbons (Fsp3) is 0.316. The second-order valence-electron chi connectivity index (χ2n) is 5.81. The number of rotatable bonds is 5. The number of halogens is 1. The summed E-state index contributed by atoms with van der Waals surface area (Å²) in [7, 11) is 3.18. The van der Waals surface area contributed by atoms with Gasteiger partial charge in [0.15, 0.2) is 11.5 Å². The van der Waals surface area contributed by atoms with Crippen LogP contribution in [0.2, 0.25) is 0 Å². The molecule has 1 amide bonds. The predicted molar refractivity (Wildman–Crippen MR) is 108 cm³/mol. The van der Waals surface area contributed by atoms with Gasteiger partial charge in [-0.15, -0.1) is 0 Å². The smallest absolute Gasteiger partial charge is 0.253 e. The minimum atomic E-state index is 0.0575. The molecule has 0 aromatic heterocycles. The predicted octanol–water partition coefficient (Wildman–Crippen LogP) is 3.15. The van der Waals surface area contributed by atoms with Gasteiger partial charge in [0, 0.05) is 37.8 Å². The van der Waals surface area contributed by atoms with Crippen molar-refractivity contribution in [3.63, 3.8) is 0 Å². The number of hydrogen-bond donors (Lipinski definition) is 1. The van der Waals surface area contributed by atoms with E-state index in [0.29, 0.717) is 28.6 Å². The molecule has 3 rings (SSSR count). The van der Waals surface area contributed by atoms with E-state index >= 15 is 0 Å². The van der Waals surface area contributed by atoms with Gasteiger partial charge >= 0.3 is 0 Å². The number of ether oxygens (including phenoxy) is 3. The molecule has 0 atom stereocenters. The molecule has 1 heterocycles. The first kappa shape index (κ1) is 18.8. The number of hydrogen-bond acceptors (Lipinski definition) is 5. The molecule has 0 unspecified atom stereocenters. The van der Waals surface area contributed by atoms with Crippen LogP contribution in [0.15, 0.2) is 36.4 Å². The van der Waals surface area contributed by atoms with Crippen molar-refractivity contribution in [3.05, 3.63) is 45.5 Å². The van der Waals surface area contributed by atoms with Crippen LogP contribution in [0.3, 0.4) is 0 Å². The van der Waals surface area contributed by atoms with Crippen molar-refractivity contribution in [2.45, 2.75) is 0 Å². The first-order valence-corrected chi connectivity index (χ1v) is 9.39. The number of nitrogens with zero attached hydrogens (tertiary/aromatic N) is 1. The van der Waals surface area contributed by atoms with E-state index in [2.05, 4.69) is 27.9 Å². The Labute approximate surface area is 166 Å². The Balaban J connectivity index is 1.76. The van der Waals surface area contributed by atoms with Gasteiger partial charge in [-0.3, -0.25) is 4.79 Å². The maximum absolute atomic E-state index is 12.6. The van der Waals surface area contributed by atoms with Crippen molar-refractivity contribution < 1.29 is 19.0 Å². The van der Waals surface area contributed by atoms with Gasteiger partial charge in [0.2, 0.25) is 0 Å². The summed E-state index contributed by atoms with van der Waals surface area (Å²) in [4.78, 5) is 14.5. The fourth-order valence-electron chi connectivity index (χ4n) is 2.77. The highest BCUT2D eigenvalue weighted by Crippen LogP contribution is 2.34. The van der Waals surface area contributed by atoms with Gasteiger partial charge in [0.1, 0.15) is 11.5 Å². The van der Waals surface area contributed by atoms with Crippen molar-refractivity contribution in [3.8, 4) is 23.0 Å². The summed E-state index contributed by atoms with van der Waals surface area (Å²) in [5.74, 6) is 2.63. The summed E-state index contributed by atoms with van der Waals surface area (Å²) in [6, 6.07) is 10.9. The van der Waals surface area contributed by atoms with E-state index in [0.717, 1.165) is 29.7 Å². The molecule has 7 heteroatoms. The monoisotopic (exact) mass is 468 g/mol. The molecule has 0 radical (unpaired) electrons. The number of amides is 1. The zero-order valence-corrected chi connectivity index (χ0v) is 16.9. The SMILES string of the molecule is COc1ccc(Oc2ccc(C(=O)N3CCNCC3)cc2I)cc1OC. The Bertz CT molecular complexity index is 791. The molecule has 0 bridgehead atoms. The molecule has 1 aliphatic heterocycles. The third kappa shape index (κ3) is 4.21. The van der Waals surface area contributed by atoms with Crippen LogP contribution in [-0.2, 0) is 0 Å². The second kappa shape index (κ2) is 8.59. The summed E-state index contributed by atoms with van der Waals surface area (Å²) in [6.07, 6.45) is 0. The molecule has 0 aliphatic carbocycles. The third-order valence-electron chi connectivity index (χ3n) is 4.17. The lowest BCUT2D eigenvalue weighted by molar-refractivity contribution is 0.0735. The maximum Gasteiger partial charge on any atom is 0.253 e. The zero-order chi connectivity index (χ0) is 18.5. The van der Waals surface area contributed by atoms with Crippen LogP contribution in [0.5, 0.6) is 23.0 Å². The minimum absolute atomic E-state index is 0.0575. The summed E-state index contributed by atoms with van der Waals surface area (Å²) >= 11 is 2.18. The number of piperazine rings is 1. The molecule has 1 aliphatic rings. The van der Waals surface area contributed by atoms with Crippen molar-refractivity contribution in [1.29, 1.82) is 0 Å². The maximum atomic E-state index is 12.6. The Morgan fingerprint density at radius 1 is 1.00 bits per heavy atom. The summed E-state index contributed by atoms with van der Waals surface area (Å²) in [5.41, 5.74) is 0.677. The van der Waals surface area contributed by atoms with Crippen molar-refractivity contribution in [2.24, 2.45) is 0 Å². The van der Waals surface area contributed by atoms with E-state index in [1.165, 1.54) is 0 Å². The van der Waals surface area contributed by atoms with Crippen LogP contribution in [0.1, 0.15) is 10.4 Å². The molecule has 0 spiro atoms. The van der Waals surface area contributed by atoms with Crippen LogP contribution in [0.4, 0.5) is 0 Å². The molecule has 138 valence electrons. The number of benzene rings is 2. The lowest BCUT2D eigenvalue weighted by Gasteiger charge is -2.27. The summed E-state index contributed by atoms with van der Waals surface area (Å²) in [5, 5.41) is 3.25. The summed E-state index contributed by atoms with van der Waals surface area (Å²) < 4.78 is 17.4. The summed E-state index contributed by atoms with van der Waals surface area (Å²) in [6.45, 7) is 3.14. The van der Waals surface area contributed by atoms with E-state index in [4.69, 9.17) is 14.2 Å². The fourth-order valence-corrected chi connectivity index (χ4v) is 3.40. The Hall–Kier alpha value is -2.00. The van der Waals surface area contributed by atoms with Gasteiger partial charge in [-0.05, 0) is 52.9 Å². The van der Waals surface area contributed by atoms with E-state index in [1.807, 2.05) is 29.2 Å². The van der Waals surface area contributed by atoms with Gasteiger partial charge in [-0.2, -0.15) is 0 Å². The zero-order valence-electron chi connectivity index (χ0n) is 14.8. The molecule has 1 fully saturated rings. The standard InChI is InChI=1S/C19H21IN2O4/c1-24-17-6-4-14(12-18(17)25-2)26-16-5-3-13(11-15(16)20)19(23)22-9-7-21-8-10-22/h3-6,11-12,21H,7-10H2,1-2H3. The van der Waals surface area contributed by atoms with Crippen molar-refractivity contribution in [2.75, 3.05) is 40.4 Å².